The van der Waals surface area contributed by atoms with Gasteiger partial charge >= 0.3 is 6.09 Å². The molecule has 5 nitrogen and oxygen atoms in total. The monoisotopic (exact) mass is 520 g/mol. The largest absolute Gasteiger partial charge is 0.444 e. The second-order valence-electron chi connectivity index (χ2n) is 9.18. The van der Waals surface area contributed by atoms with Crippen molar-refractivity contribution in [1.82, 2.24) is 4.90 Å². The third kappa shape index (κ3) is 8.80. The molecule has 3 aromatic carbocycles. The van der Waals surface area contributed by atoms with E-state index in [1.165, 1.54) is 6.07 Å². The lowest BCUT2D eigenvalue weighted by molar-refractivity contribution is -0.0443. The van der Waals surface area contributed by atoms with Gasteiger partial charge in [-0.1, -0.05) is 94.4 Å². The summed E-state index contributed by atoms with van der Waals surface area (Å²) < 4.78 is 26.5. The van der Waals surface area contributed by atoms with Crippen LogP contribution < -0.4 is 0 Å². The lowest BCUT2D eigenvalue weighted by Crippen LogP contribution is -2.44. The first-order valence-corrected chi connectivity index (χ1v) is 13.4. The van der Waals surface area contributed by atoms with Gasteiger partial charge in [0, 0.05) is 23.2 Å². The predicted molar refractivity (Wildman–Crippen MR) is 154 cm³/mol. The highest BCUT2D eigenvalue weighted by atomic mass is 19.1. The van der Waals surface area contributed by atoms with Gasteiger partial charge in [-0.25, -0.2) is 14.2 Å². The highest BCUT2D eigenvalue weighted by Crippen LogP contribution is 2.29. The van der Waals surface area contributed by atoms with Crippen LogP contribution in [0.25, 0.3) is 0 Å². The van der Waals surface area contributed by atoms with Crippen molar-refractivity contribution in [3.63, 3.8) is 0 Å². The Balaban J connectivity index is 0.00000121. The number of hydrogen-bond donors (Lipinski definition) is 0. The molecule has 0 bridgehead atoms. The molecular formula is C32H41FN2O3. The molecule has 1 fully saturated rings. The molecule has 1 unspecified atom stereocenters. The highest BCUT2D eigenvalue weighted by Gasteiger charge is 2.30. The summed E-state index contributed by atoms with van der Waals surface area (Å²) >= 11 is 0. The molecule has 1 amide bonds. The first kappa shape index (κ1) is 30.7. The summed E-state index contributed by atoms with van der Waals surface area (Å²) in [5, 5.41) is 0. The van der Waals surface area contributed by atoms with Crippen molar-refractivity contribution in [2.75, 3.05) is 19.7 Å². The van der Waals surface area contributed by atoms with E-state index in [-0.39, 0.29) is 6.54 Å². The quantitative estimate of drug-likeness (QED) is 0.325. The standard InChI is InChI=1S/C28H29FN2O3.2C2H6/c1-28(2,3)34-27(32)31-16-17-33-25(19-31)23-15-14-22(18-24(23)29)30-26(20-10-6-4-7-11-20)21-12-8-5-9-13-21;2*1-2/h4-15,18,25H,16-17,19H2,1-3H3;2*1-2H3. The van der Waals surface area contributed by atoms with Crippen LogP contribution in [0.5, 0.6) is 0 Å². The van der Waals surface area contributed by atoms with Crippen molar-refractivity contribution < 1.29 is 18.7 Å². The number of halogens is 1. The Labute approximate surface area is 227 Å². The van der Waals surface area contributed by atoms with Gasteiger partial charge in [-0.05, 0) is 32.9 Å². The summed E-state index contributed by atoms with van der Waals surface area (Å²) in [6, 6.07) is 24.5. The van der Waals surface area contributed by atoms with Crippen LogP contribution in [-0.2, 0) is 9.47 Å². The maximum absolute atomic E-state index is 15.2. The van der Waals surface area contributed by atoms with Crippen LogP contribution in [0.15, 0.2) is 83.9 Å². The van der Waals surface area contributed by atoms with Crippen LogP contribution in [0.3, 0.4) is 0 Å². The second kappa shape index (κ2) is 15.0. The Kier molecular flexibility index (Phi) is 12.2. The molecule has 4 rings (SSSR count). The van der Waals surface area contributed by atoms with E-state index in [0.717, 1.165) is 16.8 Å². The maximum atomic E-state index is 15.2. The smallest absolute Gasteiger partial charge is 0.410 e. The SMILES string of the molecule is CC.CC.CC(C)(C)OC(=O)N1CCOC(c2ccc(N=C(c3ccccc3)c3ccccc3)cc2F)C1. The van der Waals surface area contributed by atoms with Crippen molar-refractivity contribution in [3.05, 3.63) is 101 Å². The number of ether oxygens (including phenoxy) is 2. The fourth-order valence-corrected chi connectivity index (χ4v) is 3.79. The first-order valence-electron chi connectivity index (χ1n) is 13.4. The Bertz CT molecular complexity index is 1120. The van der Waals surface area contributed by atoms with E-state index >= 15 is 4.39 Å². The van der Waals surface area contributed by atoms with Gasteiger partial charge < -0.3 is 14.4 Å². The Morgan fingerprint density at radius 3 is 1.97 bits per heavy atom. The van der Waals surface area contributed by atoms with Crippen LogP contribution in [0.1, 0.15) is 71.3 Å². The van der Waals surface area contributed by atoms with Crippen LogP contribution in [0, 0.1) is 5.82 Å². The van der Waals surface area contributed by atoms with Crippen LogP contribution >= 0.6 is 0 Å². The van der Waals surface area contributed by atoms with Gasteiger partial charge in [-0.15, -0.1) is 0 Å². The number of morpholine rings is 1. The average Bonchev–Trinajstić information content (AvgIpc) is 2.94. The molecule has 0 saturated carbocycles. The molecule has 0 radical (unpaired) electrons. The van der Waals surface area contributed by atoms with Crippen molar-refractivity contribution in [1.29, 1.82) is 0 Å². The lowest BCUT2D eigenvalue weighted by Gasteiger charge is -2.34. The summed E-state index contributed by atoms with van der Waals surface area (Å²) in [6.45, 7) is 14.4. The number of carbonyl (C=O) groups excluding carboxylic acids is 1. The minimum absolute atomic E-state index is 0.230. The second-order valence-corrected chi connectivity index (χ2v) is 9.18. The molecule has 0 spiro atoms. The van der Waals surface area contributed by atoms with E-state index in [4.69, 9.17) is 14.5 Å². The van der Waals surface area contributed by atoms with Crippen molar-refractivity contribution >= 4 is 17.5 Å². The van der Waals surface area contributed by atoms with E-state index in [0.29, 0.717) is 24.4 Å². The molecule has 3 aromatic rings. The van der Waals surface area contributed by atoms with Gasteiger partial charge in [0.1, 0.15) is 17.5 Å². The summed E-state index contributed by atoms with van der Waals surface area (Å²) in [5.41, 5.74) is 2.96. The lowest BCUT2D eigenvalue weighted by atomic mass is 10.0. The minimum atomic E-state index is -0.592. The highest BCUT2D eigenvalue weighted by molar-refractivity contribution is 6.13. The van der Waals surface area contributed by atoms with Gasteiger partial charge in [0.15, 0.2) is 0 Å². The Hall–Kier alpha value is -3.51. The maximum Gasteiger partial charge on any atom is 0.410 e. The van der Waals surface area contributed by atoms with Crippen molar-refractivity contribution in [3.8, 4) is 0 Å². The van der Waals surface area contributed by atoms with Crippen molar-refractivity contribution in [2.24, 2.45) is 4.99 Å². The third-order valence-corrected chi connectivity index (χ3v) is 5.38. The Morgan fingerprint density at radius 1 is 0.921 bits per heavy atom. The molecule has 1 aliphatic heterocycles. The van der Waals surface area contributed by atoms with Crippen LogP contribution in [0.4, 0.5) is 14.9 Å². The zero-order valence-corrected chi connectivity index (χ0v) is 23.7. The molecule has 0 aromatic heterocycles. The number of aliphatic imine (C=N–C) groups is 1. The molecule has 1 saturated heterocycles. The van der Waals surface area contributed by atoms with E-state index in [1.807, 2.05) is 109 Å². The van der Waals surface area contributed by atoms with Crippen LogP contribution in [0.2, 0.25) is 0 Å². The van der Waals surface area contributed by atoms with E-state index < -0.39 is 23.6 Å². The zero-order valence-electron chi connectivity index (χ0n) is 23.7. The fourth-order valence-electron chi connectivity index (χ4n) is 3.79. The summed E-state index contributed by atoms with van der Waals surface area (Å²) in [5.74, 6) is -0.419. The fraction of sp³-hybridized carbons (Fsp3) is 0.375. The normalized spacial score (nSPS) is 14.7. The number of rotatable bonds is 4. The van der Waals surface area contributed by atoms with E-state index in [1.54, 1.807) is 17.0 Å². The molecular weight excluding hydrogens is 479 g/mol. The summed E-state index contributed by atoms with van der Waals surface area (Å²) in [7, 11) is 0. The predicted octanol–water partition coefficient (Wildman–Crippen LogP) is 8.36. The number of benzene rings is 3. The molecule has 0 N–H and O–H groups in total. The van der Waals surface area contributed by atoms with Gasteiger partial charge in [0.2, 0.25) is 0 Å². The van der Waals surface area contributed by atoms with Crippen LogP contribution in [-0.4, -0.2) is 42.0 Å². The van der Waals surface area contributed by atoms with Crippen molar-refractivity contribution in [2.45, 2.75) is 60.2 Å². The van der Waals surface area contributed by atoms with Gasteiger partial charge in [0.05, 0.1) is 24.6 Å². The Morgan fingerprint density at radius 2 is 1.47 bits per heavy atom. The number of nitrogens with zero attached hydrogens (tertiary/aromatic N) is 2. The summed E-state index contributed by atoms with van der Waals surface area (Å²) in [4.78, 5) is 18.8. The molecule has 0 aliphatic carbocycles. The number of hydrogen-bond acceptors (Lipinski definition) is 4. The molecule has 1 atom stereocenters. The number of amides is 1. The van der Waals surface area contributed by atoms with Gasteiger partial charge in [-0.3, -0.25) is 0 Å². The molecule has 1 aliphatic rings. The van der Waals surface area contributed by atoms with E-state index in [9.17, 15) is 4.79 Å². The van der Waals surface area contributed by atoms with E-state index in [2.05, 4.69) is 0 Å². The molecule has 6 heteroatoms. The average molecular weight is 521 g/mol. The minimum Gasteiger partial charge on any atom is -0.444 e. The number of carbonyl (C=O) groups is 1. The topological polar surface area (TPSA) is 51.1 Å². The molecule has 204 valence electrons. The summed E-state index contributed by atoms with van der Waals surface area (Å²) in [6.07, 6.45) is -0.986. The van der Waals surface area contributed by atoms with Gasteiger partial charge in [0.25, 0.3) is 0 Å². The van der Waals surface area contributed by atoms with Gasteiger partial charge in [-0.2, -0.15) is 0 Å². The molecule has 1 heterocycles. The third-order valence-electron chi connectivity index (χ3n) is 5.38. The first-order chi connectivity index (χ1) is 18.3. The molecule has 38 heavy (non-hydrogen) atoms. The zero-order chi connectivity index (χ0) is 28.1.